The number of rotatable bonds is 5. The van der Waals surface area contributed by atoms with Crippen LogP contribution < -0.4 is 0 Å². The summed E-state index contributed by atoms with van der Waals surface area (Å²) in [4.78, 5) is 29.1. The summed E-state index contributed by atoms with van der Waals surface area (Å²) in [5, 5.41) is 1.52. The van der Waals surface area contributed by atoms with Gasteiger partial charge in [0, 0.05) is 58.8 Å². The molecule has 2 heterocycles. The number of hydrogen-bond acceptors (Lipinski definition) is 3. The molecule has 2 aliphatic rings. The monoisotopic (exact) mass is 506 g/mol. The number of nitrogens with zero attached hydrogens (tertiary/aromatic N) is 2. The first-order valence-electron chi connectivity index (χ1n) is 12.0. The Labute approximate surface area is 216 Å². The van der Waals surface area contributed by atoms with E-state index in [4.69, 9.17) is 23.2 Å². The zero-order valence-electron chi connectivity index (χ0n) is 19.7. The molecule has 35 heavy (non-hydrogen) atoms. The number of piperidine rings is 1. The van der Waals surface area contributed by atoms with Gasteiger partial charge in [0.05, 0.1) is 0 Å². The Bertz CT molecular complexity index is 1230. The number of amides is 1. The molecule has 0 radical (unpaired) electrons. The lowest BCUT2D eigenvalue weighted by Gasteiger charge is -2.61. The van der Waals surface area contributed by atoms with Crippen LogP contribution in [-0.2, 0) is 6.54 Å². The van der Waals surface area contributed by atoms with Crippen molar-refractivity contribution in [2.45, 2.75) is 32.4 Å². The molecule has 1 atom stereocenters. The van der Waals surface area contributed by atoms with Gasteiger partial charge in [0.25, 0.3) is 5.91 Å². The maximum absolute atomic E-state index is 13.1. The van der Waals surface area contributed by atoms with Crippen molar-refractivity contribution < 1.29 is 9.59 Å². The van der Waals surface area contributed by atoms with Crippen LogP contribution in [0.1, 0.15) is 57.7 Å². The van der Waals surface area contributed by atoms with Crippen molar-refractivity contribution in [1.82, 2.24) is 9.80 Å². The first-order valence-corrected chi connectivity index (χ1v) is 12.8. The fourth-order valence-electron chi connectivity index (χ4n) is 5.68. The van der Waals surface area contributed by atoms with Gasteiger partial charge in [0.15, 0.2) is 5.78 Å². The first-order chi connectivity index (χ1) is 16.9. The first kappa shape index (κ1) is 24.1. The largest absolute Gasteiger partial charge is 0.339 e. The number of benzene rings is 3. The summed E-state index contributed by atoms with van der Waals surface area (Å²) < 4.78 is 0. The quantitative estimate of drug-likeness (QED) is 0.362. The van der Waals surface area contributed by atoms with E-state index in [1.165, 1.54) is 12.5 Å². The molecule has 6 heteroatoms. The Morgan fingerprint density at radius 2 is 1.51 bits per heavy atom. The van der Waals surface area contributed by atoms with E-state index < -0.39 is 0 Å². The molecule has 180 valence electrons. The van der Waals surface area contributed by atoms with Crippen LogP contribution in [0, 0.1) is 5.41 Å². The van der Waals surface area contributed by atoms with Crippen molar-refractivity contribution in [2.75, 3.05) is 19.6 Å². The zero-order valence-corrected chi connectivity index (χ0v) is 21.2. The van der Waals surface area contributed by atoms with Crippen molar-refractivity contribution in [3.8, 4) is 0 Å². The van der Waals surface area contributed by atoms with Crippen molar-refractivity contribution in [2.24, 2.45) is 5.41 Å². The molecule has 2 saturated heterocycles. The van der Waals surface area contributed by atoms with Crippen molar-refractivity contribution in [3.63, 3.8) is 0 Å². The molecule has 4 nitrogen and oxygen atoms in total. The van der Waals surface area contributed by atoms with Gasteiger partial charge in [0.2, 0.25) is 0 Å². The predicted octanol–water partition coefficient (Wildman–Crippen LogP) is 6.68. The highest BCUT2D eigenvalue weighted by atomic mass is 35.5. The second-order valence-corrected chi connectivity index (χ2v) is 10.6. The molecule has 2 aliphatic heterocycles. The fraction of sp³-hybridized carbons (Fsp3) is 0.310. The molecule has 0 aromatic heterocycles. The van der Waals surface area contributed by atoms with Crippen molar-refractivity contribution in [3.05, 3.63) is 105 Å². The number of carbonyl (C=O) groups excluding carboxylic acids is 2. The van der Waals surface area contributed by atoms with Gasteiger partial charge in [0.1, 0.15) is 0 Å². The lowest BCUT2D eigenvalue weighted by atomic mass is 9.63. The maximum Gasteiger partial charge on any atom is 0.253 e. The van der Waals surface area contributed by atoms with E-state index in [1.54, 1.807) is 24.3 Å². The molecule has 0 bridgehead atoms. The average Bonchev–Trinajstić information content (AvgIpc) is 2.86. The van der Waals surface area contributed by atoms with Gasteiger partial charge in [-0.1, -0.05) is 65.7 Å². The van der Waals surface area contributed by atoms with Crippen LogP contribution in [0.3, 0.4) is 0 Å². The summed E-state index contributed by atoms with van der Waals surface area (Å²) in [6, 6.07) is 23.4. The lowest BCUT2D eigenvalue weighted by Crippen LogP contribution is -2.62. The Balaban J connectivity index is 1.32. The molecule has 0 saturated carbocycles. The Morgan fingerprint density at radius 3 is 2.14 bits per heavy atom. The van der Waals surface area contributed by atoms with Crippen LogP contribution in [0.4, 0.5) is 0 Å². The maximum atomic E-state index is 13.1. The normalized spacial score (nSPS) is 19.4. The Morgan fingerprint density at radius 1 is 0.886 bits per heavy atom. The van der Waals surface area contributed by atoms with Crippen LogP contribution >= 0.6 is 23.2 Å². The summed E-state index contributed by atoms with van der Waals surface area (Å²) in [7, 11) is 0. The van der Waals surface area contributed by atoms with Crippen LogP contribution in [-0.4, -0.2) is 41.1 Å². The van der Waals surface area contributed by atoms with Crippen molar-refractivity contribution >= 4 is 34.9 Å². The highest BCUT2D eigenvalue weighted by Gasteiger charge is 2.54. The second-order valence-electron chi connectivity index (χ2n) is 9.74. The van der Waals surface area contributed by atoms with E-state index in [0.717, 1.165) is 54.6 Å². The summed E-state index contributed by atoms with van der Waals surface area (Å²) >= 11 is 12.7. The van der Waals surface area contributed by atoms with E-state index in [2.05, 4.69) is 23.1 Å². The molecule has 1 unspecified atom stereocenters. The van der Waals surface area contributed by atoms with Crippen molar-refractivity contribution in [1.29, 1.82) is 0 Å². The minimum atomic E-state index is 0.00322. The number of ketones is 1. The van der Waals surface area contributed by atoms with E-state index in [9.17, 15) is 9.59 Å². The molecule has 0 aliphatic carbocycles. The number of carbonyl (C=O) groups is 2. The van der Waals surface area contributed by atoms with Gasteiger partial charge < -0.3 is 4.90 Å². The van der Waals surface area contributed by atoms with E-state index >= 15 is 0 Å². The van der Waals surface area contributed by atoms with Crippen LogP contribution in [0.5, 0.6) is 0 Å². The van der Waals surface area contributed by atoms with Gasteiger partial charge in [-0.2, -0.15) is 0 Å². The number of halogens is 2. The molecule has 3 aromatic rings. The van der Waals surface area contributed by atoms with Crippen LogP contribution in [0.25, 0.3) is 0 Å². The highest BCUT2D eigenvalue weighted by Crippen LogP contribution is 2.55. The average molecular weight is 507 g/mol. The second kappa shape index (κ2) is 9.77. The van der Waals surface area contributed by atoms with E-state index in [-0.39, 0.29) is 23.1 Å². The standard InChI is InChI=1S/C29H28Cl2N2O2/c1-20(34)21-6-8-23(9-7-21)28(35)32-16-14-29(15-17-32)19-33(18-24-4-2-3-5-26(24)31)27(29)22-10-12-25(30)13-11-22/h2-13,27H,14-19H2,1H3. The molecule has 2 fully saturated rings. The van der Waals surface area contributed by atoms with E-state index in [0.29, 0.717) is 11.1 Å². The fourth-order valence-corrected chi connectivity index (χ4v) is 6.00. The van der Waals surface area contributed by atoms with Crippen LogP contribution in [0.15, 0.2) is 72.8 Å². The van der Waals surface area contributed by atoms with Gasteiger partial charge in [-0.15, -0.1) is 0 Å². The number of Topliss-reactive ketones (excluding diaryl/α,β-unsaturated/α-hetero) is 1. The van der Waals surface area contributed by atoms with Gasteiger partial charge in [-0.25, -0.2) is 0 Å². The number of likely N-dealkylation sites (tertiary alicyclic amines) is 2. The third kappa shape index (κ3) is 4.75. The predicted molar refractivity (Wildman–Crippen MR) is 140 cm³/mol. The summed E-state index contributed by atoms with van der Waals surface area (Å²) in [6.07, 6.45) is 1.88. The van der Waals surface area contributed by atoms with Gasteiger partial charge >= 0.3 is 0 Å². The molecule has 1 amide bonds. The summed E-state index contributed by atoms with van der Waals surface area (Å²) in [5.74, 6) is 0.0359. The smallest absolute Gasteiger partial charge is 0.253 e. The van der Waals surface area contributed by atoms with E-state index in [1.807, 2.05) is 35.2 Å². The third-order valence-electron chi connectivity index (χ3n) is 7.57. The SMILES string of the molecule is CC(=O)c1ccc(C(=O)N2CCC3(CC2)CN(Cc2ccccc2Cl)C3c2ccc(Cl)cc2)cc1. The van der Waals surface area contributed by atoms with Crippen LogP contribution in [0.2, 0.25) is 10.0 Å². The van der Waals surface area contributed by atoms with Gasteiger partial charge in [-0.3, -0.25) is 14.5 Å². The lowest BCUT2D eigenvalue weighted by molar-refractivity contribution is -0.113. The molecular formula is C29H28Cl2N2O2. The number of hydrogen-bond donors (Lipinski definition) is 0. The minimum absolute atomic E-state index is 0.00322. The molecule has 5 rings (SSSR count). The minimum Gasteiger partial charge on any atom is -0.339 e. The highest BCUT2D eigenvalue weighted by molar-refractivity contribution is 6.31. The molecular weight excluding hydrogens is 479 g/mol. The third-order valence-corrected chi connectivity index (χ3v) is 8.19. The zero-order chi connectivity index (χ0) is 24.6. The molecule has 0 N–H and O–H groups in total. The summed E-state index contributed by atoms with van der Waals surface area (Å²) in [6.45, 7) is 4.74. The van der Waals surface area contributed by atoms with Gasteiger partial charge in [-0.05, 0) is 61.2 Å². The molecule has 3 aromatic carbocycles. The topological polar surface area (TPSA) is 40.6 Å². The molecule has 1 spiro atoms. The Hall–Kier alpha value is -2.66. The summed E-state index contributed by atoms with van der Waals surface area (Å²) in [5.41, 5.74) is 3.76. The Kier molecular flexibility index (Phi) is 6.71.